The first-order valence-electron chi connectivity index (χ1n) is 7.07. The molecular weight excluding hydrogens is 252 g/mol. The fraction of sp³-hybridized carbons (Fsp3) is 0.733. The molecule has 0 bridgehead atoms. The van der Waals surface area contributed by atoms with Crippen LogP contribution in [0.4, 0.5) is 0 Å². The summed E-state index contributed by atoms with van der Waals surface area (Å²) in [6.45, 7) is 19.9. The maximum Gasteiger partial charge on any atom is 0.133 e. The van der Waals surface area contributed by atoms with E-state index in [0.717, 1.165) is 18.8 Å². The topological polar surface area (TPSA) is 15.7 Å². The third-order valence-corrected chi connectivity index (χ3v) is 4.57. The van der Waals surface area contributed by atoms with Gasteiger partial charge in [0, 0.05) is 34.0 Å². The second-order valence-corrected chi connectivity index (χ2v) is 12.1. The third kappa shape index (κ3) is 9.03. The van der Waals surface area contributed by atoms with Crippen LogP contribution in [0.25, 0.3) is 0 Å². The fourth-order valence-electron chi connectivity index (χ4n) is 1.51. The molecule has 0 aliphatic rings. The van der Waals surface area contributed by atoms with E-state index in [-0.39, 0.29) is 0 Å². The minimum absolute atomic E-state index is 0.581. The molecular formula is C15H32N2OSi. The lowest BCUT2D eigenvalue weighted by atomic mass is 10.3. The van der Waals surface area contributed by atoms with Gasteiger partial charge in [0.1, 0.15) is 6.73 Å². The van der Waals surface area contributed by atoms with E-state index in [9.17, 15) is 0 Å². The molecule has 0 radical (unpaired) electrons. The average molecular weight is 285 g/mol. The highest BCUT2D eigenvalue weighted by Crippen LogP contribution is 2.11. The summed E-state index contributed by atoms with van der Waals surface area (Å²) in [7, 11) is 1.05. The second kappa shape index (κ2) is 8.56. The van der Waals surface area contributed by atoms with Gasteiger partial charge < -0.3 is 4.74 Å². The van der Waals surface area contributed by atoms with Gasteiger partial charge in [-0.05, 0) is 26.0 Å². The van der Waals surface area contributed by atoms with Crippen LogP contribution in [-0.2, 0) is 4.74 Å². The Morgan fingerprint density at radius 2 is 1.84 bits per heavy atom. The summed E-state index contributed by atoms with van der Waals surface area (Å²) in [4.78, 5) is 0. The molecule has 0 unspecified atom stereocenters. The summed E-state index contributed by atoms with van der Waals surface area (Å²) < 4.78 is 5.83. The summed E-state index contributed by atoms with van der Waals surface area (Å²) in [5.41, 5.74) is 2.24. The van der Waals surface area contributed by atoms with Crippen LogP contribution in [0.5, 0.6) is 0 Å². The Morgan fingerprint density at radius 1 is 1.26 bits per heavy atom. The summed E-state index contributed by atoms with van der Waals surface area (Å²) in [6, 6.07) is 1.20. The molecule has 0 amide bonds. The van der Waals surface area contributed by atoms with Crippen molar-refractivity contribution >= 4 is 8.07 Å². The summed E-state index contributed by atoms with van der Waals surface area (Å²) in [5, 5.41) is 4.23. The lowest BCUT2D eigenvalue weighted by Gasteiger charge is -2.33. The molecule has 0 aliphatic carbocycles. The highest BCUT2D eigenvalue weighted by molar-refractivity contribution is 6.76. The van der Waals surface area contributed by atoms with Gasteiger partial charge in [-0.25, -0.2) is 5.01 Å². The van der Waals surface area contributed by atoms with Crippen LogP contribution >= 0.6 is 0 Å². The summed E-state index contributed by atoms with van der Waals surface area (Å²) >= 11 is 0. The molecule has 0 aromatic rings. The molecule has 4 heteroatoms. The van der Waals surface area contributed by atoms with Crippen LogP contribution in [0.1, 0.15) is 20.8 Å². The number of hydrazine groups is 1. The van der Waals surface area contributed by atoms with Gasteiger partial charge in [-0.3, -0.25) is 5.01 Å². The highest BCUT2D eigenvalue weighted by Gasteiger charge is 2.14. The average Bonchev–Trinajstić information content (AvgIpc) is 2.25. The van der Waals surface area contributed by atoms with Crippen LogP contribution in [0, 0.1) is 0 Å². The molecule has 19 heavy (non-hydrogen) atoms. The van der Waals surface area contributed by atoms with Crippen molar-refractivity contribution in [2.75, 3.05) is 26.9 Å². The Bertz CT molecular complexity index is 304. The molecule has 3 nitrogen and oxygen atoms in total. The zero-order valence-corrected chi connectivity index (χ0v) is 14.9. The van der Waals surface area contributed by atoms with Crippen molar-refractivity contribution in [3.8, 4) is 0 Å². The Hall–Kier alpha value is -0.583. The fourth-order valence-corrected chi connectivity index (χ4v) is 2.27. The first-order chi connectivity index (χ1) is 8.67. The van der Waals surface area contributed by atoms with Gasteiger partial charge in [0.15, 0.2) is 0 Å². The van der Waals surface area contributed by atoms with Crippen molar-refractivity contribution in [3.63, 3.8) is 0 Å². The first-order valence-corrected chi connectivity index (χ1v) is 10.8. The normalized spacial score (nSPS) is 11.6. The van der Waals surface area contributed by atoms with E-state index in [1.165, 1.54) is 11.6 Å². The maximum absolute atomic E-state index is 5.83. The molecule has 0 aromatic heterocycles. The number of hydrogen-bond donors (Lipinski definition) is 0. The Balaban J connectivity index is 4.38. The third-order valence-electron chi connectivity index (χ3n) is 2.87. The molecule has 0 saturated carbocycles. The van der Waals surface area contributed by atoms with Crippen LogP contribution in [0.15, 0.2) is 23.9 Å². The van der Waals surface area contributed by atoms with E-state index in [1.54, 1.807) is 0 Å². The predicted octanol–water partition coefficient (Wildman–Crippen LogP) is 3.95. The van der Waals surface area contributed by atoms with Gasteiger partial charge in [-0.15, -0.1) is 0 Å². The molecule has 0 atom stereocenters. The van der Waals surface area contributed by atoms with Crippen molar-refractivity contribution in [2.24, 2.45) is 0 Å². The molecule has 0 heterocycles. The number of allylic oxidation sites excluding steroid dienone is 2. The molecule has 0 saturated heterocycles. The van der Waals surface area contributed by atoms with E-state index < -0.39 is 8.07 Å². The predicted molar refractivity (Wildman–Crippen MR) is 87.7 cm³/mol. The minimum atomic E-state index is -1.01. The smallest absolute Gasteiger partial charge is 0.133 e. The van der Waals surface area contributed by atoms with Crippen LogP contribution < -0.4 is 0 Å². The lowest BCUT2D eigenvalue weighted by Crippen LogP contribution is -2.40. The molecule has 0 N–H and O–H groups in total. The van der Waals surface area contributed by atoms with Gasteiger partial charge in [-0.2, -0.15) is 0 Å². The van der Waals surface area contributed by atoms with E-state index in [2.05, 4.69) is 70.1 Å². The summed E-state index contributed by atoms with van der Waals surface area (Å²) in [6.07, 6.45) is 2.09. The van der Waals surface area contributed by atoms with Crippen molar-refractivity contribution in [3.05, 3.63) is 23.9 Å². The molecule has 0 aliphatic heterocycles. The molecule has 0 aromatic carbocycles. The van der Waals surface area contributed by atoms with Crippen molar-refractivity contribution in [1.29, 1.82) is 0 Å². The Kier molecular flexibility index (Phi) is 8.30. The van der Waals surface area contributed by atoms with Crippen molar-refractivity contribution < 1.29 is 4.74 Å². The van der Waals surface area contributed by atoms with Gasteiger partial charge in [0.05, 0.1) is 0 Å². The van der Waals surface area contributed by atoms with Crippen molar-refractivity contribution in [2.45, 2.75) is 46.5 Å². The first kappa shape index (κ1) is 18.4. The summed E-state index contributed by atoms with van der Waals surface area (Å²) in [5.74, 6) is 0. The van der Waals surface area contributed by atoms with Gasteiger partial charge >= 0.3 is 0 Å². The van der Waals surface area contributed by atoms with E-state index >= 15 is 0 Å². The number of nitrogens with zero attached hydrogens (tertiary/aromatic N) is 2. The monoisotopic (exact) mass is 284 g/mol. The van der Waals surface area contributed by atoms with E-state index in [1.807, 2.05) is 0 Å². The standard InChI is InChI=1S/C15H32N2OSi/c1-9-16(5)17(15(4)12-14(2)3)13-18-10-11-19(6,7)8/h12H,4,9-11,13H2,1-3,5-8H3. The second-order valence-electron chi connectivity index (χ2n) is 6.43. The molecule has 0 fully saturated rings. The molecule has 112 valence electrons. The van der Waals surface area contributed by atoms with E-state index in [4.69, 9.17) is 4.74 Å². The lowest BCUT2D eigenvalue weighted by molar-refractivity contribution is -0.0577. The number of hydrogen-bond acceptors (Lipinski definition) is 3. The Morgan fingerprint density at radius 3 is 2.26 bits per heavy atom. The number of rotatable bonds is 9. The van der Waals surface area contributed by atoms with Gasteiger partial charge in [-0.1, -0.05) is 38.7 Å². The van der Waals surface area contributed by atoms with Crippen LogP contribution in [-0.4, -0.2) is 45.0 Å². The van der Waals surface area contributed by atoms with Crippen LogP contribution in [0.2, 0.25) is 25.7 Å². The minimum Gasteiger partial charge on any atom is -0.360 e. The van der Waals surface area contributed by atoms with Crippen molar-refractivity contribution in [1.82, 2.24) is 10.0 Å². The van der Waals surface area contributed by atoms with E-state index in [0.29, 0.717) is 6.73 Å². The van der Waals surface area contributed by atoms with Gasteiger partial charge in [0.2, 0.25) is 0 Å². The quantitative estimate of drug-likeness (QED) is 0.210. The number of ether oxygens (including phenoxy) is 1. The SMILES string of the molecule is C=C(C=C(C)C)N(COCC[Si](C)(C)C)N(C)CC. The Labute approximate surface area is 120 Å². The zero-order valence-electron chi connectivity index (χ0n) is 13.9. The highest BCUT2D eigenvalue weighted by atomic mass is 28.3. The van der Waals surface area contributed by atoms with Crippen LogP contribution in [0.3, 0.4) is 0 Å². The zero-order chi connectivity index (χ0) is 15.1. The van der Waals surface area contributed by atoms with Gasteiger partial charge in [0.25, 0.3) is 0 Å². The molecule has 0 spiro atoms. The molecule has 0 rings (SSSR count). The maximum atomic E-state index is 5.83. The largest absolute Gasteiger partial charge is 0.360 e.